The first kappa shape index (κ1) is 26.9. The Kier molecular flexibility index (Phi) is 9.00. The van der Waals surface area contributed by atoms with Crippen molar-refractivity contribution >= 4 is 17.7 Å². The fourth-order valence-electron chi connectivity index (χ4n) is 5.02. The molecule has 0 unspecified atom stereocenters. The van der Waals surface area contributed by atoms with Crippen LogP contribution in [0.25, 0.3) is 0 Å². The van der Waals surface area contributed by atoms with Crippen LogP contribution in [0.3, 0.4) is 0 Å². The molecule has 0 radical (unpaired) electrons. The van der Waals surface area contributed by atoms with Crippen molar-refractivity contribution in [3.63, 3.8) is 0 Å². The molecule has 0 aliphatic carbocycles. The van der Waals surface area contributed by atoms with Crippen LogP contribution in [0.5, 0.6) is 17.2 Å². The number of methoxy groups -OCH3 is 3. The van der Waals surface area contributed by atoms with Crippen molar-refractivity contribution in [1.29, 1.82) is 0 Å². The second-order valence-corrected chi connectivity index (χ2v) is 10.5. The average Bonchev–Trinajstić information content (AvgIpc) is 2.96. The topological polar surface area (TPSA) is 68.2 Å². The summed E-state index contributed by atoms with van der Waals surface area (Å²) in [6.45, 7) is 2.36. The maximum Gasteiger partial charge on any atom is 0.307 e. The summed E-state index contributed by atoms with van der Waals surface area (Å²) in [5.41, 5.74) is 3.40. The van der Waals surface area contributed by atoms with Crippen molar-refractivity contribution in [2.75, 3.05) is 46.7 Å². The second-order valence-electron chi connectivity index (χ2n) is 9.19. The highest BCUT2D eigenvalue weighted by atomic mass is 32.2. The zero-order chi connectivity index (χ0) is 26.3. The molecule has 3 aromatic rings. The molecule has 1 aliphatic heterocycles. The summed E-state index contributed by atoms with van der Waals surface area (Å²) in [5, 5.41) is 9.52. The van der Waals surface area contributed by atoms with Crippen molar-refractivity contribution in [2.45, 2.75) is 17.6 Å². The summed E-state index contributed by atoms with van der Waals surface area (Å²) in [4.78, 5) is 13.9. The van der Waals surface area contributed by atoms with Gasteiger partial charge in [0.1, 0.15) is 17.2 Å². The minimum absolute atomic E-state index is 0.284. The number of hydrogen-bond donors (Lipinski definition) is 1. The zero-order valence-corrected chi connectivity index (χ0v) is 22.5. The van der Waals surface area contributed by atoms with E-state index in [2.05, 4.69) is 41.3 Å². The lowest BCUT2D eigenvalue weighted by molar-refractivity contribution is -0.143. The summed E-state index contributed by atoms with van der Waals surface area (Å²) in [7, 11) is 5.02. The van der Waals surface area contributed by atoms with E-state index in [1.54, 1.807) is 21.3 Å². The first-order valence-corrected chi connectivity index (χ1v) is 13.5. The Morgan fingerprint density at radius 1 is 0.838 bits per heavy atom. The SMILES string of the molecule is COc1ccc(C(SCCN2CCC[C@@H](C(=O)O)C2)(c2ccc(OC)cc2)c2ccc(OC)cc2)cc1. The Morgan fingerprint density at radius 2 is 1.27 bits per heavy atom. The standard InChI is InChI=1S/C30H35NO5S/c1-34-26-12-6-23(7-13-26)30(24-8-14-27(35-2)15-9-24,25-10-16-28(36-3)17-11-25)37-20-19-31-18-4-5-22(21-31)29(32)33/h6-17,22H,4-5,18-21H2,1-3H3,(H,32,33)/t22-/m1/s1. The Balaban J connectivity index is 1.74. The first-order chi connectivity index (χ1) is 18.0. The second kappa shape index (κ2) is 12.4. The number of rotatable bonds is 11. The number of piperidine rings is 1. The molecule has 0 spiro atoms. The van der Waals surface area contributed by atoms with Crippen LogP contribution in [0.2, 0.25) is 0 Å². The summed E-state index contributed by atoms with van der Waals surface area (Å²) in [6.07, 6.45) is 1.68. The molecule has 37 heavy (non-hydrogen) atoms. The highest BCUT2D eigenvalue weighted by Gasteiger charge is 2.37. The van der Waals surface area contributed by atoms with Gasteiger partial charge in [-0.15, -0.1) is 11.8 Å². The van der Waals surface area contributed by atoms with Crippen molar-refractivity contribution in [1.82, 2.24) is 4.90 Å². The minimum Gasteiger partial charge on any atom is -0.497 e. The van der Waals surface area contributed by atoms with E-state index in [4.69, 9.17) is 14.2 Å². The molecule has 0 aromatic heterocycles. The first-order valence-electron chi connectivity index (χ1n) is 12.5. The van der Waals surface area contributed by atoms with Crippen LogP contribution in [-0.2, 0) is 9.54 Å². The van der Waals surface area contributed by atoms with Crippen molar-refractivity contribution < 1.29 is 24.1 Å². The lowest BCUT2D eigenvalue weighted by Crippen LogP contribution is -2.40. The number of carboxylic acid groups (broad SMARTS) is 1. The van der Waals surface area contributed by atoms with Gasteiger partial charge >= 0.3 is 5.97 Å². The lowest BCUT2D eigenvalue weighted by atomic mass is 9.84. The van der Waals surface area contributed by atoms with Crippen LogP contribution in [0.4, 0.5) is 0 Å². The van der Waals surface area contributed by atoms with Crippen molar-refractivity contribution in [2.24, 2.45) is 5.92 Å². The van der Waals surface area contributed by atoms with Crippen LogP contribution >= 0.6 is 11.8 Å². The molecule has 3 aromatic carbocycles. The monoisotopic (exact) mass is 521 g/mol. The van der Waals surface area contributed by atoms with Crippen molar-refractivity contribution in [3.8, 4) is 17.2 Å². The molecule has 0 amide bonds. The van der Waals surface area contributed by atoms with Gasteiger partial charge in [0.25, 0.3) is 0 Å². The number of aliphatic carboxylic acids is 1. The quantitative estimate of drug-likeness (QED) is 0.333. The Hall–Kier alpha value is -3.16. The third kappa shape index (κ3) is 6.05. The largest absolute Gasteiger partial charge is 0.497 e. The summed E-state index contributed by atoms with van der Waals surface area (Å²) in [5.74, 6) is 2.27. The van der Waals surface area contributed by atoms with E-state index in [1.807, 2.05) is 48.2 Å². The maximum atomic E-state index is 11.6. The third-order valence-corrected chi connectivity index (χ3v) is 8.60. The predicted octanol–water partition coefficient (Wildman–Crippen LogP) is 5.53. The minimum atomic E-state index is -0.693. The molecule has 7 heteroatoms. The van der Waals surface area contributed by atoms with Crippen LogP contribution in [0.1, 0.15) is 29.5 Å². The van der Waals surface area contributed by atoms with Crippen LogP contribution in [0.15, 0.2) is 72.8 Å². The molecule has 1 N–H and O–H groups in total. The van der Waals surface area contributed by atoms with Gasteiger partial charge in [-0.3, -0.25) is 4.79 Å². The van der Waals surface area contributed by atoms with Gasteiger partial charge in [0, 0.05) is 18.8 Å². The van der Waals surface area contributed by atoms with E-state index < -0.39 is 10.7 Å². The molecule has 1 heterocycles. The smallest absolute Gasteiger partial charge is 0.307 e. The van der Waals surface area contributed by atoms with Crippen LogP contribution < -0.4 is 14.2 Å². The fraction of sp³-hybridized carbons (Fsp3) is 0.367. The number of carbonyl (C=O) groups is 1. The fourth-order valence-corrected chi connectivity index (χ4v) is 6.58. The number of benzene rings is 3. The van der Waals surface area contributed by atoms with Gasteiger partial charge in [0.05, 0.1) is 32.0 Å². The number of likely N-dealkylation sites (tertiary alicyclic amines) is 1. The zero-order valence-electron chi connectivity index (χ0n) is 21.7. The van der Waals surface area contributed by atoms with Gasteiger partial charge in [-0.25, -0.2) is 0 Å². The molecule has 1 saturated heterocycles. The number of thioether (sulfide) groups is 1. The molecule has 1 aliphatic rings. The molecule has 0 bridgehead atoms. The van der Waals surface area contributed by atoms with Gasteiger partial charge in [0.15, 0.2) is 0 Å². The number of nitrogens with zero attached hydrogens (tertiary/aromatic N) is 1. The highest BCUT2D eigenvalue weighted by Crippen LogP contribution is 2.49. The maximum absolute atomic E-state index is 11.6. The Morgan fingerprint density at radius 3 is 1.65 bits per heavy atom. The normalized spacial score (nSPS) is 16.2. The number of ether oxygens (including phenoxy) is 3. The van der Waals surface area contributed by atoms with E-state index in [0.29, 0.717) is 6.54 Å². The van der Waals surface area contributed by atoms with Gasteiger partial charge in [-0.2, -0.15) is 0 Å². The number of hydrogen-bond acceptors (Lipinski definition) is 6. The number of carboxylic acids is 1. The van der Waals surface area contributed by atoms with E-state index in [1.165, 1.54) is 0 Å². The molecule has 1 fully saturated rings. The molecule has 4 rings (SSSR count). The van der Waals surface area contributed by atoms with Gasteiger partial charge in [-0.1, -0.05) is 36.4 Å². The Labute approximate surface area is 223 Å². The van der Waals surface area contributed by atoms with E-state index in [9.17, 15) is 9.90 Å². The lowest BCUT2D eigenvalue weighted by Gasteiger charge is -2.37. The van der Waals surface area contributed by atoms with Gasteiger partial charge < -0.3 is 24.2 Å². The van der Waals surface area contributed by atoms with Gasteiger partial charge in [-0.05, 0) is 72.5 Å². The van der Waals surface area contributed by atoms with Crippen LogP contribution in [0, 0.1) is 5.92 Å². The van der Waals surface area contributed by atoms with Crippen molar-refractivity contribution in [3.05, 3.63) is 89.5 Å². The summed E-state index contributed by atoms with van der Waals surface area (Å²) < 4.78 is 15.8. The highest BCUT2D eigenvalue weighted by molar-refractivity contribution is 8.00. The molecular formula is C30H35NO5S. The summed E-state index contributed by atoms with van der Waals surface area (Å²) >= 11 is 1.86. The molecule has 0 saturated carbocycles. The van der Waals surface area contributed by atoms with E-state index in [-0.39, 0.29) is 5.92 Å². The molecular weight excluding hydrogens is 486 g/mol. The molecule has 6 nitrogen and oxygen atoms in total. The Bertz CT molecular complexity index is 1030. The van der Waals surface area contributed by atoms with Gasteiger partial charge in [0.2, 0.25) is 0 Å². The third-order valence-electron chi connectivity index (χ3n) is 7.07. The summed E-state index contributed by atoms with van der Waals surface area (Å²) in [6, 6.07) is 24.8. The van der Waals surface area contributed by atoms with E-state index in [0.717, 1.165) is 65.6 Å². The average molecular weight is 522 g/mol. The molecule has 196 valence electrons. The van der Waals surface area contributed by atoms with Crippen LogP contribution in [-0.4, -0.2) is 62.7 Å². The predicted molar refractivity (Wildman–Crippen MR) is 148 cm³/mol. The van der Waals surface area contributed by atoms with E-state index >= 15 is 0 Å². The molecule has 1 atom stereocenters.